The van der Waals surface area contributed by atoms with Crippen LogP contribution in [0.25, 0.3) is 0 Å². The van der Waals surface area contributed by atoms with Crippen LogP contribution in [0.1, 0.15) is 25.8 Å². The standard InChI is InChI=1S/C17H22ClNO3/c1-12-7-13(2)10-19(9-12)16(20)11-22-17(21)8-14-3-5-15(18)6-4-14/h3-6,12-13H,7-11H2,1-2H3/t12-,13+. The lowest BCUT2D eigenvalue weighted by Gasteiger charge is -2.34. The molecule has 2 atom stereocenters. The van der Waals surface area contributed by atoms with Gasteiger partial charge in [0.05, 0.1) is 6.42 Å². The molecule has 1 saturated heterocycles. The highest BCUT2D eigenvalue weighted by Gasteiger charge is 2.25. The number of esters is 1. The van der Waals surface area contributed by atoms with E-state index in [0.29, 0.717) is 16.9 Å². The molecule has 22 heavy (non-hydrogen) atoms. The lowest BCUT2D eigenvalue weighted by Crippen LogP contribution is -2.44. The summed E-state index contributed by atoms with van der Waals surface area (Å²) in [5.41, 5.74) is 0.821. The molecule has 0 bridgehead atoms. The van der Waals surface area contributed by atoms with Crippen LogP contribution in [-0.2, 0) is 20.7 Å². The number of carbonyl (C=O) groups excluding carboxylic acids is 2. The molecule has 0 saturated carbocycles. The van der Waals surface area contributed by atoms with E-state index >= 15 is 0 Å². The van der Waals surface area contributed by atoms with Gasteiger partial charge in [-0.15, -0.1) is 0 Å². The van der Waals surface area contributed by atoms with Gasteiger partial charge < -0.3 is 9.64 Å². The van der Waals surface area contributed by atoms with Crippen molar-refractivity contribution in [2.75, 3.05) is 19.7 Å². The zero-order valence-electron chi connectivity index (χ0n) is 13.0. The first-order valence-corrected chi connectivity index (χ1v) is 7.99. The summed E-state index contributed by atoms with van der Waals surface area (Å²) in [7, 11) is 0. The van der Waals surface area contributed by atoms with Gasteiger partial charge in [-0.25, -0.2) is 0 Å². The van der Waals surface area contributed by atoms with E-state index in [9.17, 15) is 9.59 Å². The van der Waals surface area contributed by atoms with Crippen molar-refractivity contribution < 1.29 is 14.3 Å². The Balaban J connectivity index is 1.78. The fourth-order valence-corrected chi connectivity index (χ4v) is 3.05. The number of nitrogens with zero attached hydrogens (tertiary/aromatic N) is 1. The number of amides is 1. The highest BCUT2D eigenvalue weighted by atomic mass is 35.5. The van der Waals surface area contributed by atoms with Gasteiger partial charge in [-0.2, -0.15) is 0 Å². The topological polar surface area (TPSA) is 46.6 Å². The third kappa shape index (κ3) is 5.02. The zero-order chi connectivity index (χ0) is 16.1. The van der Waals surface area contributed by atoms with Gasteiger partial charge in [0.1, 0.15) is 0 Å². The molecule has 0 spiro atoms. The molecule has 1 aromatic carbocycles. The molecule has 0 aliphatic carbocycles. The summed E-state index contributed by atoms with van der Waals surface area (Å²) in [6.07, 6.45) is 1.29. The second kappa shape index (κ2) is 7.63. The smallest absolute Gasteiger partial charge is 0.310 e. The summed E-state index contributed by atoms with van der Waals surface area (Å²) >= 11 is 5.79. The molecule has 1 fully saturated rings. The van der Waals surface area contributed by atoms with Gasteiger partial charge in [-0.3, -0.25) is 9.59 Å². The molecule has 1 aliphatic rings. The third-order valence-corrected chi connectivity index (χ3v) is 4.09. The van der Waals surface area contributed by atoms with Gasteiger partial charge in [0.15, 0.2) is 6.61 Å². The number of carbonyl (C=O) groups is 2. The number of likely N-dealkylation sites (tertiary alicyclic amines) is 1. The molecule has 0 aromatic heterocycles. The Morgan fingerprint density at radius 1 is 1.18 bits per heavy atom. The Kier molecular flexibility index (Phi) is 5.83. The van der Waals surface area contributed by atoms with Crippen LogP contribution in [0.15, 0.2) is 24.3 Å². The lowest BCUT2D eigenvalue weighted by molar-refractivity contribution is -0.152. The number of ether oxygens (including phenoxy) is 1. The summed E-state index contributed by atoms with van der Waals surface area (Å²) in [5, 5.41) is 0.626. The Morgan fingerprint density at radius 2 is 1.77 bits per heavy atom. The number of halogens is 1. The van der Waals surface area contributed by atoms with Gasteiger partial charge in [-0.1, -0.05) is 37.6 Å². The SMILES string of the molecule is C[C@@H]1C[C@H](C)CN(C(=O)COC(=O)Cc2ccc(Cl)cc2)C1. The Morgan fingerprint density at radius 3 is 2.36 bits per heavy atom. The molecule has 1 heterocycles. The first-order valence-electron chi connectivity index (χ1n) is 7.62. The number of rotatable bonds is 4. The molecular formula is C17H22ClNO3. The monoisotopic (exact) mass is 323 g/mol. The molecule has 4 nitrogen and oxygen atoms in total. The molecule has 5 heteroatoms. The molecule has 1 aromatic rings. The van der Waals surface area contributed by atoms with E-state index < -0.39 is 5.97 Å². The summed E-state index contributed by atoms with van der Waals surface area (Å²) in [6, 6.07) is 7.01. The second-order valence-electron chi connectivity index (χ2n) is 6.21. The summed E-state index contributed by atoms with van der Waals surface area (Å²) in [5.74, 6) is 0.492. The maximum absolute atomic E-state index is 12.1. The van der Waals surface area contributed by atoms with E-state index in [2.05, 4.69) is 13.8 Å². The Bertz CT molecular complexity index is 519. The third-order valence-electron chi connectivity index (χ3n) is 3.84. The van der Waals surface area contributed by atoms with Crippen molar-refractivity contribution in [3.05, 3.63) is 34.9 Å². The molecule has 0 radical (unpaired) electrons. The average Bonchev–Trinajstić information content (AvgIpc) is 2.46. The zero-order valence-corrected chi connectivity index (χ0v) is 13.8. The van der Waals surface area contributed by atoms with Crippen LogP contribution >= 0.6 is 11.6 Å². The maximum Gasteiger partial charge on any atom is 0.310 e. The van der Waals surface area contributed by atoms with Crippen molar-refractivity contribution in [1.29, 1.82) is 0 Å². The van der Waals surface area contributed by atoms with Crippen molar-refractivity contribution in [3.8, 4) is 0 Å². The minimum absolute atomic E-state index is 0.108. The van der Waals surface area contributed by atoms with Crippen LogP contribution < -0.4 is 0 Å². The normalized spacial score (nSPS) is 21.5. The van der Waals surface area contributed by atoms with E-state index in [4.69, 9.17) is 16.3 Å². The number of benzene rings is 1. The highest BCUT2D eigenvalue weighted by Crippen LogP contribution is 2.20. The minimum atomic E-state index is -0.395. The Hall–Kier alpha value is -1.55. The first kappa shape index (κ1) is 16.8. The fraction of sp³-hybridized carbons (Fsp3) is 0.529. The van der Waals surface area contributed by atoms with Crippen LogP contribution in [-0.4, -0.2) is 36.5 Å². The van der Waals surface area contributed by atoms with E-state index in [-0.39, 0.29) is 18.9 Å². The molecular weight excluding hydrogens is 302 g/mol. The fourth-order valence-electron chi connectivity index (χ4n) is 2.92. The van der Waals surface area contributed by atoms with Crippen molar-refractivity contribution in [3.63, 3.8) is 0 Å². The largest absolute Gasteiger partial charge is 0.455 e. The van der Waals surface area contributed by atoms with E-state index in [0.717, 1.165) is 25.1 Å². The van der Waals surface area contributed by atoms with Crippen LogP contribution in [0, 0.1) is 11.8 Å². The van der Waals surface area contributed by atoms with Crippen molar-refractivity contribution in [1.82, 2.24) is 4.90 Å². The number of hydrogen-bond donors (Lipinski definition) is 0. The quantitative estimate of drug-likeness (QED) is 0.800. The van der Waals surface area contributed by atoms with Crippen LogP contribution in [0.4, 0.5) is 0 Å². The van der Waals surface area contributed by atoms with Crippen molar-refractivity contribution in [2.45, 2.75) is 26.7 Å². The van der Waals surface area contributed by atoms with Gasteiger partial charge in [0.25, 0.3) is 5.91 Å². The van der Waals surface area contributed by atoms with E-state index in [1.165, 1.54) is 0 Å². The Labute approximate surface area is 136 Å². The molecule has 0 unspecified atom stereocenters. The molecule has 1 amide bonds. The van der Waals surface area contributed by atoms with Crippen molar-refractivity contribution in [2.24, 2.45) is 11.8 Å². The highest BCUT2D eigenvalue weighted by molar-refractivity contribution is 6.30. The summed E-state index contributed by atoms with van der Waals surface area (Å²) in [4.78, 5) is 25.7. The van der Waals surface area contributed by atoms with E-state index in [1.807, 2.05) is 0 Å². The predicted molar refractivity (Wildman–Crippen MR) is 85.6 cm³/mol. The maximum atomic E-state index is 12.1. The van der Waals surface area contributed by atoms with Gasteiger partial charge >= 0.3 is 5.97 Å². The lowest BCUT2D eigenvalue weighted by atomic mass is 9.92. The van der Waals surface area contributed by atoms with Gasteiger partial charge in [-0.05, 0) is 36.0 Å². The molecule has 2 rings (SSSR count). The average molecular weight is 324 g/mol. The van der Waals surface area contributed by atoms with Crippen LogP contribution in [0.5, 0.6) is 0 Å². The van der Waals surface area contributed by atoms with Crippen LogP contribution in [0.2, 0.25) is 5.02 Å². The first-order chi connectivity index (χ1) is 10.4. The minimum Gasteiger partial charge on any atom is -0.455 e. The van der Waals surface area contributed by atoms with Gasteiger partial charge in [0, 0.05) is 18.1 Å². The summed E-state index contributed by atoms with van der Waals surface area (Å²) < 4.78 is 5.10. The molecule has 1 aliphatic heterocycles. The van der Waals surface area contributed by atoms with Crippen molar-refractivity contribution >= 4 is 23.5 Å². The predicted octanol–water partition coefficient (Wildman–Crippen LogP) is 2.93. The molecule has 0 N–H and O–H groups in total. The van der Waals surface area contributed by atoms with Crippen LogP contribution in [0.3, 0.4) is 0 Å². The number of piperidine rings is 1. The number of hydrogen-bond acceptors (Lipinski definition) is 3. The second-order valence-corrected chi connectivity index (χ2v) is 6.65. The van der Waals surface area contributed by atoms with E-state index in [1.54, 1.807) is 29.2 Å². The summed E-state index contributed by atoms with van der Waals surface area (Å²) in [6.45, 7) is 5.60. The molecule has 120 valence electrons. The van der Waals surface area contributed by atoms with Gasteiger partial charge in [0.2, 0.25) is 0 Å².